The first-order valence-electron chi connectivity index (χ1n) is 8.25. The van der Waals surface area contributed by atoms with Crippen molar-refractivity contribution >= 4 is 22.8 Å². The maximum absolute atomic E-state index is 12.2. The lowest BCUT2D eigenvalue weighted by Crippen LogP contribution is -2.31. The van der Waals surface area contributed by atoms with Gasteiger partial charge in [0.25, 0.3) is 0 Å². The minimum absolute atomic E-state index is 0.247. The lowest BCUT2D eigenvalue weighted by molar-refractivity contribution is 0.247. The van der Waals surface area contributed by atoms with Gasteiger partial charge in [-0.3, -0.25) is 10.00 Å². The molecule has 0 saturated carbocycles. The number of nitrogens with one attached hydrogen (secondary N) is 2. The van der Waals surface area contributed by atoms with E-state index in [4.69, 9.17) is 4.42 Å². The van der Waals surface area contributed by atoms with Gasteiger partial charge in [0, 0.05) is 24.2 Å². The second-order valence-electron chi connectivity index (χ2n) is 6.27. The number of furan rings is 1. The van der Waals surface area contributed by atoms with Crippen LogP contribution in [-0.2, 0) is 6.54 Å². The predicted molar refractivity (Wildman–Crippen MR) is 97.6 cm³/mol. The molecule has 0 unspecified atom stereocenters. The molecule has 1 aromatic carbocycles. The van der Waals surface area contributed by atoms with Crippen LogP contribution in [0.5, 0.6) is 0 Å². The average Bonchev–Trinajstić information content (AvgIpc) is 3.19. The molecule has 0 saturated heterocycles. The van der Waals surface area contributed by atoms with E-state index in [0.717, 1.165) is 24.1 Å². The van der Waals surface area contributed by atoms with Gasteiger partial charge in [-0.1, -0.05) is 18.2 Å². The maximum Gasteiger partial charge on any atom is 0.321 e. The van der Waals surface area contributed by atoms with Crippen LogP contribution < -0.4 is 10.6 Å². The van der Waals surface area contributed by atoms with Crippen molar-refractivity contribution in [2.24, 2.45) is 0 Å². The summed E-state index contributed by atoms with van der Waals surface area (Å²) in [5.41, 5.74) is 0.811. The molecule has 0 aliphatic carbocycles. The Morgan fingerprint density at radius 3 is 2.88 bits per heavy atom. The number of hydrogen-bond donors (Lipinski definition) is 2. The highest BCUT2D eigenvalue weighted by Crippen LogP contribution is 2.23. The Kier molecular flexibility index (Phi) is 5.04. The Hall–Kier alpha value is -2.80. The molecule has 0 radical (unpaired) electrons. The topological polar surface area (TPSA) is 75.3 Å². The molecule has 7 nitrogen and oxygen atoms in total. The van der Waals surface area contributed by atoms with Gasteiger partial charge in [-0.05, 0) is 33.2 Å². The van der Waals surface area contributed by atoms with Crippen molar-refractivity contribution in [2.75, 3.05) is 26.0 Å². The number of urea groups is 1. The number of aromatic nitrogens is 2. The fraction of sp³-hybridized carbons (Fsp3) is 0.333. The molecule has 7 heteroatoms. The zero-order chi connectivity index (χ0) is 17.8. The number of benzene rings is 1. The van der Waals surface area contributed by atoms with Crippen molar-refractivity contribution in [3.8, 4) is 0 Å². The Morgan fingerprint density at radius 2 is 2.12 bits per heavy atom. The van der Waals surface area contributed by atoms with Gasteiger partial charge in [-0.15, -0.1) is 0 Å². The quantitative estimate of drug-likeness (QED) is 0.722. The number of para-hydroxylation sites is 1. The number of nitrogens with zero attached hydrogens (tertiary/aromatic N) is 3. The van der Waals surface area contributed by atoms with Gasteiger partial charge in [-0.25, -0.2) is 4.79 Å². The first kappa shape index (κ1) is 17.0. The smallest absolute Gasteiger partial charge is 0.321 e. The molecule has 3 rings (SSSR count). The van der Waals surface area contributed by atoms with Gasteiger partial charge in [0.05, 0.1) is 12.6 Å². The maximum atomic E-state index is 12.2. The van der Waals surface area contributed by atoms with Gasteiger partial charge < -0.3 is 14.6 Å². The molecule has 25 heavy (non-hydrogen) atoms. The molecule has 2 amide bonds. The van der Waals surface area contributed by atoms with Gasteiger partial charge in [0.1, 0.15) is 11.3 Å². The molecule has 1 atom stereocenters. The third-order valence-corrected chi connectivity index (χ3v) is 3.88. The van der Waals surface area contributed by atoms with Gasteiger partial charge in [-0.2, -0.15) is 5.10 Å². The van der Waals surface area contributed by atoms with Crippen LogP contribution in [0, 0.1) is 0 Å². The molecule has 0 fully saturated rings. The Labute approximate surface area is 146 Å². The highest BCUT2D eigenvalue weighted by Gasteiger charge is 2.14. The van der Waals surface area contributed by atoms with Gasteiger partial charge in [0.2, 0.25) is 0 Å². The van der Waals surface area contributed by atoms with Gasteiger partial charge in [0.15, 0.2) is 5.82 Å². The lowest BCUT2D eigenvalue weighted by atomic mass is 10.2. The highest BCUT2D eigenvalue weighted by atomic mass is 16.3. The van der Waals surface area contributed by atoms with E-state index >= 15 is 0 Å². The molecule has 132 valence electrons. The van der Waals surface area contributed by atoms with Crippen LogP contribution in [0.15, 0.2) is 47.0 Å². The molecule has 3 aromatic rings. The molecule has 0 aliphatic rings. The molecule has 0 aliphatic heterocycles. The van der Waals surface area contributed by atoms with Crippen molar-refractivity contribution in [1.29, 1.82) is 0 Å². The standard InChI is InChI=1S/C18H23N5O2/c1-13(16-12-14-6-4-5-7-15(14)25-16)19-18(24)20-17-8-9-23(21-17)11-10-22(2)3/h4-9,12-13H,10-11H2,1-3H3,(H2,19,20,21,24)/t13-/m0/s1. The molecule has 0 bridgehead atoms. The van der Waals surface area contributed by atoms with Crippen LogP contribution in [0.3, 0.4) is 0 Å². The average molecular weight is 341 g/mol. The summed E-state index contributed by atoms with van der Waals surface area (Å²) >= 11 is 0. The first-order valence-corrected chi connectivity index (χ1v) is 8.25. The van der Waals surface area contributed by atoms with Crippen molar-refractivity contribution in [2.45, 2.75) is 19.5 Å². The summed E-state index contributed by atoms with van der Waals surface area (Å²) in [5, 5.41) is 11.0. The van der Waals surface area contributed by atoms with Gasteiger partial charge >= 0.3 is 6.03 Å². The third-order valence-electron chi connectivity index (χ3n) is 3.88. The highest BCUT2D eigenvalue weighted by molar-refractivity contribution is 5.88. The van der Waals surface area contributed by atoms with Crippen LogP contribution in [0.1, 0.15) is 18.7 Å². The van der Waals surface area contributed by atoms with Crippen molar-refractivity contribution in [1.82, 2.24) is 20.0 Å². The predicted octanol–water partition coefficient (Wildman–Crippen LogP) is 3.07. The third kappa shape index (κ3) is 4.39. The Bertz CT molecular complexity index is 819. The van der Waals surface area contributed by atoms with Crippen LogP contribution >= 0.6 is 0 Å². The molecular weight excluding hydrogens is 318 g/mol. The molecular formula is C18H23N5O2. The number of fused-ring (bicyclic) bond motifs is 1. The van der Waals surface area contributed by atoms with Crippen LogP contribution in [0.25, 0.3) is 11.0 Å². The van der Waals surface area contributed by atoms with E-state index in [-0.39, 0.29) is 12.1 Å². The summed E-state index contributed by atoms with van der Waals surface area (Å²) in [6, 6.07) is 10.9. The summed E-state index contributed by atoms with van der Waals surface area (Å²) in [6.07, 6.45) is 1.85. The lowest BCUT2D eigenvalue weighted by Gasteiger charge is -2.11. The number of hydrogen-bond acceptors (Lipinski definition) is 4. The van der Waals surface area contributed by atoms with E-state index in [1.807, 2.05) is 57.5 Å². The fourth-order valence-electron chi connectivity index (χ4n) is 2.49. The van der Waals surface area contributed by atoms with Crippen molar-refractivity contribution in [3.05, 3.63) is 48.4 Å². The number of rotatable bonds is 6. The molecule has 2 heterocycles. The number of carbonyl (C=O) groups excluding carboxylic acids is 1. The summed E-state index contributed by atoms with van der Waals surface area (Å²) < 4.78 is 7.58. The van der Waals surface area contributed by atoms with E-state index in [1.165, 1.54) is 0 Å². The van der Waals surface area contributed by atoms with Crippen LogP contribution in [0.4, 0.5) is 10.6 Å². The minimum Gasteiger partial charge on any atom is -0.459 e. The number of likely N-dealkylation sites (N-methyl/N-ethyl adjacent to an activating group) is 1. The number of carbonyl (C=O) groups is 1. The molecule has 2 aromatic heterocycles. The summed E-state index contributed by atoms with van der Waals surface area (Å²) in [5.74, 6) is 1.24. The normalized spacial score (nSPS) is 12.5. The van der Waals surface area contributed by atoms with Crippen molar-refractivity contribution in [3.63, 3.8) is 0 Å². The van der Waals surface area contributed by atoms with E-state index in [9.17, 15) is 4.79 Å². The van der Waals surface area contributed by atoms with E-state index in [0.29, 0.717) is 11.6 Å². The molecule has 0 spiro atoms. The number of amides is 2. The Morgan fingerprint density at radius 1 is 1.32 bits per heavy atom. The van der Waals surface area contributed by atoms with Crippen molar-refractivity contribution < 1.29 is 9.21 Å². The summed E-state index contributed by atoms with van der Waals surface area (Å²) in [4.78, 5) is 14.2. The monoisotopic (exact) mass is 341 g/mol. The minimum atomic E-state index is -0.314. The summed E-state index contributed by atoms with van der Waals surface area (Å²) in [7, 11) is 4.02. The van der Waals surface area contributed by atoms with Crippen LogP contribution in [-0.4, -0.2) is 41.4 Å². The SMILES string of the molecule is C[C@H](NC(=O)Nc1ccn(CCN(C)C)n1)c1cc2ccccc2o1. The molecule has 2 N–H and O–H groups in total. The summed E-state index contributed by atoms with van der Waals surface area (Å²) in [6.45, 7) is 3.54. The zero-order valence-electron chi connectivity index (χ0n) is 14.7. The second-order valence-corrected chi connectivity index (χ2v) is 6.27. The Balaban J connectivity index is 1.56. The second kappa shape index (κ2) is 7.40. The fourth-order valence-corrected chi connectivity index (χ4v) is 2.49. The van der Waals surface area contributed by atoms with Crippen LogP contribution in [0.2, 0.25) is 0 Å². The van der Waals surface area contributed by atoms with E-state index in [2.05, 4.69) is 20.6 Å². The van der Waals surface area contributed by atoms with E-state index < -0.39 is 0 Å². The first-order chi connectivity index (χ1) is 12.0. The van der Waals surface area contributed by atoms with E-state index in [1.54, 1.807) is 10.7 Å². The zero-order valence-corrected chi connectivity index (χ0v) is 14.7. The number of anilines is 1. The largest absolute Gasteiger partial charge is 0.459 e.